The maximum absolute atomic E-state index is 13.2. The van der Waals surface area contributed by atoms with Gasteiger partial charge in [-0.3, -0.25) is 14.4 Å². The first kappa shape index (κ1) is 107. The summed E-state index contributed by atoms with van der Waals surface area (Å²) in [5.74, 6) is -8.77. The van der Waals surface area contributed by atoms with E-state index in [-0.39, 0.29) is 13.2 Å². The van der Waals surface area contributed by atoms with Crippen LogP contribution in [0, 0.1) is 5.92 Å². The average molecular weight is 1890 g/mol. The summed E-state index contributed by atoms with van der Waals surface area (Å²) >= 11 is 0. The molecule has 10 heterocycles. The van der Waals surface area contributed by atoms with Gasteiger partial charge in [0.05, 0.1) is 84.9 Å². The van der Waals surface area contributed by atoms with Crippen molar-refractivity contribution in [3.8, 4) is 0 Å². The molecule has 748 valence electrons. The fourth-order valence-corrected chi connectivity index (χ4v) is 16.5. The first-order valence-corrected chi connectivity index (χ1v) is 41.3. The molecule has 57 heteroatoms. The summed E-state index contributed by atoms with van der Waals surface area (Å²) in [5.41, 5.74) is 5.63. The van der Waals surface area contributed by atoms with Crippen molar-refractivity contribution < 1.29 is 262 Å². The van der Waals surface area contributed by atoms with Gasteiger partial charge in [-0.15, -0.1) is 0 Å². The minimum absolute atomic E-state index is 0.0916. The Kier molecular flexibility index (Phi) is 38.8. The molecule has 0 aromatic rings. The molecular weight excluding hydrogens is 1770 g/mol. The number of nitrogens with one attached hydrogen (secondary N) is 3. The van der Waals surface area contributed by atoms with Crippen molar-refractivity contribution >= 4 is 23.7 Å². The summed E-state index contributed by atoms with van der Waals surface area (Å²) in [4.78, 5) is 51.8. The zero-order valence-electron chi connectivity index (χ0n) is 69.4. The number of carbonyl (C=O) groups excluding carboxylic acids is 3. The van der Waals surface area contributed by atoms with Crippen LogP contribution in [0.15, 0.2) is 0 Å². The Morgan fingerprint density at radius 2 is 0.674 bits per heavy atom. The molecule has 0 aromatic heterocycles. The number of amides is 3. The van der Waals surface area contributed by atoms with Crippen molar-refractivity contribution in [1.29, 1.82) is 0 Å². The van der Waals surface area contributed by atoms with Crippen molar-refractivity contribution in [3.63, 3.8) is 0 Å². The zero-order chi connectivity index (χ0) is 95.1. The summed E-state index contributed by atoms with van der Waals surface area (Å²) in [5, 5.41) is 331. The number of nitrogens with two attached hydrogens (primary N) is 1. The molecule has 0 saturated carbocycles. The summed E-state index contributed by atoms with van der Waals surface area (Å²) < 4.78 is 118. The van der Waals surface area contributed by atoms with Gasteiger partial charge in [-0.25, -0.2) is 4.79 Å². The highest BCUT2D eigenvalue weighted by molar-refractivity contribution is 5.76. The molecule has 0 radical (unpaired) electrons. The van der Waals surface area contributed by atoms with Gasteiger partial charge in [-0.05, 0) is 0 Å². The van der Waals surface area contributed by atoms with E-state index in [1.165, 1.54) is 6.92 Å². The summed E-state index contributed by atoms with van der Waals surface area (Å²) in [6.07, 6.45) is -99.0. The van der Waals surface area contributed by atoms with Crippen LogP contribution in [-0.2, 0) is 114 Å². The van der Waals surface area contributed by atoms with Crippen LogP contribution in [0.2, 0.25) is 0 Å². The quantitative estimate of drug-likeness (QED) is 0.0275. The number of hydrogen-bond acceptors (Lipinski definition) is 53. The molecule has 10 aliphatic rings. The Morgan fingerprint density at radius 1 is 0.357 bits per heavy atom. The molecule has 0 spiro atoms. The number of aliphatic carboxylic acids is 1. The third-order valence-electron chi connectivity index (χ3n) is 23.8. The summed E-state index contributed by atoms with van der Waals surface area (Å²) in [7, 11) is 0. The molecule has 34 N–H and O–H groups in total. The van der Waals surface area contributed by atoms with Crippen molar-refractivity contribution in [1.82, 2.24) is 16.0 Å². The van der Waals surface area contributed by atoms with Gasteiger partial charge in [0, 0.05) is 39.7 Å². The van der Waals surface area contributed by atoms with Crippen LogP contribution >= 0.6 is 0 Å². The van der Waals surface area contributed by atoms with Crippen molar-refractivity contribution in [2.75, 3.05) is 79.2 Å². The lowest BCUT2D eigenvalue weighted by molar-refractivity contribution is -0.399. The Labute approximate surface area is 731 Å². The molecule has 10 saturated heterocycles. The highest BCUT2D eigenvalue weighted by Crippen LogP contribution is 2.42. The van der Waals surface area contributed by atoms with E-state index in [0.29, 0.717) is 0 Å². The van der Waals surface area contributed by atoms with Gasteiger partial charge < -0.3 is 265 Å². The molecule has 0 bridgehead atoms. The Bertz CT molecular complexity index is 3480. The van der Waals surface area contributed by atoms with Gasteiger partial charge in [0.2, 0.25) is 17.7 Å². The maximum atomic E-state index is 13.2. The Morgan fingerprint density at radius 3 is 1.09 bits per heavy atom. The molecule has 10 fully saturated rings. The lowest BCUT2D eigenvalue weighted by Crippen LogP contribution is -2.71. The van der Waals surface area contributed by atoms with Crippen LogP contribution in [-0.4, -0.2) is 557 Å². The van der Waals surface area contributed by atoms with Gasteiger partial charge in [-0.1, -0.05) is 6.92 Å². The fourth-order valence-electron chi connectivity index (χ4n) is 16.5. The van der Waals surface area contributed by atoms with Crippen LogP contribution in [0.4, 0.5) is 0 Å². The number of rotatable bonds is 37. The number of carboxylic acid groups (broad SMARTS) is 1. The topological polar surface area (TPSA) is 902 Å². The SMILES string of the molecule is CC(=O)NC1[C@H](OCCN)OC(CO)[C@@H](O[C@@H]2OC(CO)[C@@H](O[C@@H]3OC(CO[C@H]4OC(CO[C@H]5OC(CO)[C@@H](O)[C@H](O)C5O)[C@@H](O)[C@H](O[C@H]5OC(CO)[C@@H](O)C(O)C5O)C4O)[C@@H](O)[C@H](O[C@H]4OC(CO)[C@@H](O)C(O)C4O[C@@H]4OC(CO)[C@@H](O[C@@H]5OC(CO[C@]6(C(=O)O)CC(O)[C@@H](C)C([C@H](O)[C@H](O)CO)O6)[C@H](O)[C@H](O)C5O)[C@H](O)C4NC(C)=O)C3O)[C@H](O)C2NC(C)=O)[C@@H]1O. The average Bonchev–Trinajstić information content (AvgIpc) is 0.764. The van der Waals surface area contributed by atoms with E-state index in [9.17, 15) is 167 Å². The molecular formula is C72H122N4O53. The van der Waals surface area contributed by atoms with Crippen molar-refractivity contribution in [2.24, 2.45) is 11.7 Å². The second kappa shape index (κ2) is 46.8. The van der Waals surface area contributed by atoms with E-state index in [1.807, 2.05) is 0 Å². The number of aliphatic hydroxyl groups excluding tert-OH is 28. The van der Waals surface area contributed by atoms with Crippen LogP contribution in [0.3, 0.4) is 0 Å². The summed E-state index contributed by atoms with van der Waals surface area (Å²) in [6, 6.07) is -5.55. The largest absolute Gasteiger partial charge is 0.477 e. The predicted molar refractivity (Wildman–Crippen MR) is 398 cm³/mol. The van der Waals surface area contributed by atoms with Crippen LogP contribution in [0.25, 0.3) is 0 Å². The lowest BCUT2D eigenvalue weighted by Gasteiger charge is -2.51. The predicted octanol–water partition coefficient (Wildman–Crippen LogP) is -21.9. The molecule has 22 unspecified atom stereocenters. The molecule has 10 rings (SSSR count). The first-order chi connectivity index (χ1) is 61.0. The van der Waals surface area contributed by atoms with Gasteiger partial charge in [0.15, 0.2) is 56.6 Å². The normalized spacial score (nSPS) is 48.2. The van der Waals surface area contributed by atoms with E-state index in [1.54, 1.807) is 0 Å². The standard InChI is InChI=1S/C72H122N4O53/c1-18-22(87)7-72(71(108)109,129-55(18)36(89)23(88)8-77)113-17-32-40(93)48(101)52(105)68(122-32)124-57-28(13-82)119-64(35(45(57)98)76-21(4)86)128-61-49(102)39(92)26(11-80)116-70(61)127-60-42(95)31(16-112-66-53(106)59(126-67-51(104)47(100)38(91)25(10-79)115-67)41(94)30(120-66)15-111-65-50(103)46(99)37(90)24(9-78)114-65)121-69(54(60)107)125-58-29(14-83)118-63(34(44(58)97)75-20(3)85)123-56-27(12-81)117-62(110-6-5-73)33(43(56)96)74-19(2)84/h18,22-70,77-83,87-107H,5-17,73H2,1-4H3,(H,74,84)(H,75,85)(H,76,86)(H,108,109)/t18-,22?,23-,24?,25?,26?,27?,28?,29?,30?,31?,32?,33?,34?,35?,36-,37-,38-,39-,40+,41-,42-,43-,44-,45-,46+,47?,48+,49?,50?,51?,52?,53?,54?,55?,56-,57-,58-,59+,60+,61?,62-,63+,64+,65+,66+,67-,68+,69+,70-,72-/m1/s1. The minimum Gasteiger partial charge on any atom is -0.477 e. The van der Waals surface area contributed by atoms with Crippen LogP contribution in [0.1, 0.15) is 34.1 Å². The van der Waals surface area contributed by atoms with Crippen LogP contribution in [0.5, 0.6) is 0 Å². The maximum Gasteiger partial charge on any atom is 0.364 e. The second-order valence-electron chi connectivity index (χ2n) is 32.7. The number of aliphatic hydroxyl groups is 28. The van der Waals surface area contributed by atoms with E-state index < -0.39 is 408 Å². The number of hydrogen-bond donors (Lipinski definition) is 33. The van der Waals surface area contributed by atoms with Gasteiger partial charge in [0.1, 0.15) is 232 Å². The van der Waals surface area contributed by atoms with Crippen LogP contribution < -0.4 is 21.7 Å². The molecule has 57 nitrogen and oxygen atoms in total. The molecule has 129 heavy (non-hydrogen) atoms. The first-order valence-electron chi connectivity index (χ1n) is 41.3. The molecule has 0 aliphatic carbocycles. The van der Waals surface area contributed by atoms with E-state index in [2.05, 4.69) is 16.0 Å². The zero-order valence-corrected chi connectivity index (χ0v) is 69.4. The fraction of sp³-hybridized carbons (Fsp3) is 0.944. The van der Waals surface area contributed by atoms with E-state index in [4.69, 9.17) is 100 Å². The van der Waals surface area contributed by atoms with Gasteiger partial charge in [-0.2, -0.15) is 0 Å². The molecule has 51 atom stereocenters. The van der Waals surface area contributed by atoms with Crippen molar-refractivity contribution in [3.05, 3.63) is 0 Å². The molecule has 3 amide bonds. The minimum atomic E-state index is -2.94. The lowest BCUT2D eigenvalue weighted by atomic mass is 9.84. The third-order valence-corrected chi connectivity index (χ3v) is 23.8. The highest BCUT2D eigenvalue weighted by atomic mass is 16.8. The Balaban J connectivity index is 0.965. The van der Waals surface area contributed by atoms with Gasteiger partial charge >= 0.3 is 5.97 Å². The monoisotopic (exact) mass is 1890 g/mol. The summed E-state index contributed by atoms with van der Waals surface area (Å²) in [6.45, 7) is -7.35. The second-order valence-corrected chi connectivity index (χ2v) is 32.7. The third kappa shape index (κ3) is 23.8. The van der Waals surface area contributed by atoms with E-state index in [0.717, 1.165) is 20.8 Å². The molecule has 10 aliphatic heterocycles. The Hall–Kier alpha value is -4.08. The van der Waals surface area contributed by atoms with Crippen molar-refractivity contribution in [2.45, 2.75) is 340 Å². The molecule has 0 aromatic carbocycles. The van der Waals surface area contributed by atoms with Gasteiger partial charge in [0.25, 0.3) is 5.79 Å². The number of carbonyl (C=O) groups is 4. The smallest absolute Gasteiger partial charge is 0.364 e. The number of ether oxygens (including phenoxy) is 20. The van der Waals surface area contributed by atoms with E-state index >= 15 is 0 Å². The number of carboxylic acids is 1. The highest BCUT2D eigenvalue weighted by Gasteiger charge is 2.63.